The molecular formula is C16H10Cl2N6O3. The number of nitrogens with two attached hydrogens (primary N) is 1. The van der Waals surface area contributed by atoms with Crippen LogP contribution in [0.2, 0.25) is 10.2 Å². The fraction of sp³-hybridized carbons (Fsp3) is 0. The van der Waals surface area contributed by atoms with Crippen LogP contribution < -0.4 is 5.73 Å². The van der Waals surface area contributed by atoms with E-state index in [1.54, 1.807) is 30.3 Å². The Morgan fingerprint density at radius 3 is 2.78 bits per heavy atom. The van der Waals surface area contributed by atoms with E-state index in [0.29, 0.717) is 16.8 Å². The van der Waals surface area contributed by atoms with E-state index in [4.69, 9.17) is 38.1 Å². The maximum Gasteiger partial charge on any atom is 0.296 e. The highest BCUT2D eigenvalue weighted by atomic mass is 35.5. The highest BCUT2D eigenvalue weighted by molar-refractivity contribution is 6.35. The molecule has 0 spiro atoms. The molecule has 0 radical (unpaired) electrons. The second-order valence-corrected chi connectivity index (χ2v) is 6.06. The fourth-order valence-electron chi connectivity index (χ4n) is 2.46. The molecule has 0 saturated carbocycles. The summed E-state index contributed by atoms with van der Waals surface area (Å²) in [6.45, 7) is 0. The number of hydrogen-bond acceptors (Lipinski definition) is 6. The van der Waals surface area contributed by atoms with E-state index in [9.17, 15) is 4.79 Å². The van der Waals surface area contributed by atoms with Crippen LogP contribution in [0.1, 0.15) is 10.5 Å². The minimum atomic E-state index is -0.666. The van der Waals surface area contributed by atoms with Crippen molar-refractivity contribution in [3.05, 3.63) is 58.6 Å². The van der Waals surface area contributed by atoms with Crippen LogP contribution in [0, 0.1) is 0 Å². The zero-order chi connectivity index (χ0) is 19.0. The van der Waals surface area contributed by atoms with E-state index in [0.717, 1.165) is 4.91 Å². The number of pyridine rings is 1. The number of fused-ring (bicyclic) bond motifs is 1. The number of H-pyrrole nitrogens is 1. The average molecular weight is 405 g/mol. The van der Waals surface area contributed by atoms with E-state index in [2.05, 4.69) is 20.1 Å². The molecule has 0 aliphatic heterocycles. The molecular weight excluding hydrogens is 395 g/mol. The predicted molar refractivity (Wildman–Crippen MR) is 97.1 cm³/mol. The summed E-state index contributed by atoms with van der Waals surface area (Å²) >= 11 is 12.3. The van der Waals surface area contributed by atoms with Gasteiger partial charge >= 0.3 is 0 Å². The molecule has 3 heterocycles. The van der Waals surface area contributed by atoms with Crippen molar-refractivity contribution in [2.75, 3.05) is 0 Å². The molecule has 0 aliphatic carbocycles. The Kier molecular flexibility index (Phi) is 4.30. The number of amides is 1. The van der Waals surface area contributed by atoms with Crippen molar-refractivity contribution < 1.29 is 13.9 Å². The van der Waals surface area contributed by atoms with Crippen molar-refractivity contribution >= 4 is 40.5 Å². The van der Waals surface area contributed by atoms with Crippen molar-refractivity contribution in [1.82, 2.24) is 25.0 Å². The number of nitrogens with one attached hydrogen (secondary N) is 1. The van der Waals surface area contributed by atoms with E-state index in [1.165, 1.54) is 12.4 Å². The van der Waals surface area contributed by atoms with Gasteiger partial charge in [0, 0.05) is 17.3 Å². The first kappa shape index (κ1) is 17.1. The Hall–Kier alpha value is -3.30. The van der Waals surface area contributed by atoms with Crippen LogP contribution in [-0.2, 0) is 0 Å². The Morgan fingerprint density at radius 1 is 1.15 bits per heavy atom. The molecule has 3 N–H and O–H groups in total. The second-order valence-electron chi connectivity index (χ2n) is 5.29. The van der Waals surface area contributed by atoms with E-state index in [-0.39, 0.29) is 27.2 Å². The number of hydrogen-bond donors (Lipinski definition) is 2. The SMILES string of the molecule is NC(=O)c1ncccc1-c1cccc(-n2o[nH]c3nc(Cl)cnc3o2)c1Cl. The molecule has 0 atom stereocenters. The van der Waals surface area contributed by atoms with Crippen LogP contribution in [0.3, 0.4) is 0 Å². The molecule has 0 saturated heterocycles. The van der Waals surface area contributed by atoms with Gasteiger partial charge in [0.15, 0.2) is 0 Å². The fourth-order valence-corrected chi connectivity index (χ4v) is 2.89. The molecule has 9 nitrogen and oxygen atoms in total. The van der Waals surface area contributed by atoms with Gasteiger partial charge in [0.05, 0.1) is 11.2 Å². The van der Waals surface area contributed by atoms with Gasteiger partial charge in [0.25, 0.3) is 11.6 Å². The van der Waals surface area contributed by atoms with Crippen molar-refractivity contribution in [3.8, 4) is 16.8 Å². The average Bonchev–Trinajstić information content (AvgIpc) is 2.68. The van der Waals surface area contributed by atoms with Gasteiger partial charge in [-0.1, -0.05) is 41.4 Å². The monoisotopic (exact) mass is 404 g/mol. The van der Waals surface area contributed by atoms with Gasteiger partial charge in [-0.25, -0.2) is 9.97 Å². The number of carbonyl (C=O) groups excluding carboxylic acids is 1. The van der Waals surface area contributed by atoms with Crippen molar-refractivity contribution in [1.29, 1.82) is 0 Å². The normalized spacial score (nSPS) is 10.9. The topological polar surface area (TPSA) is 129 Å². The zero-order valence-electron chi connectivity index (χ0n) is 13.4. The van der Waals surface area contributed by atoms with Gasteiger partial charge in [-0.3, -0.25) is 14.4 Å². The highest BCUT2D eigenvalue weighted by Gasteiger charge is 2.18. The third kappa shape index (κ3) is 3.14. The van der Waals surface area contributed by atoms with Gasteiger partial charge in [0.2, 0.25) is 5.65 Å². The Labute approximate surface area is 160 Å². The lowest BCUT2D eigenvalue weighted by Gasteiger charge is -2.11. The number of rotatable bonds is 3. The van der Waals surface area contributed by atoms with E-state index >= 15 is 0 Å². The molecule has 0 bridgehead atoms. The van der Waals surface area contributed by atoms with Crippen molar-refractivity contribution in [2.24, 2.45) is 5.73 Å². The molecule has 0 unspecified atom stereocenters. The molecule has 1 amide bonds. The first-order chi connectivity index (χ1) is 13.0. The Bertz CT molecular complexity index is 1200. The van der Waals surface area contributed by atoms with Crippen LogP contribution >= 0.6 is 23.2 Å². The van der Waals surface area contributed by atoms with Crippen LogP contribution in [0.15, 0.2) is 51.9 Å². The molecule has 0 fully saturated rings. The van der Waals surface area contributed by atoms with E-state index < -0.39 is 5.91 Å². The van der Waals surface area contributed by atoms with Crippen LogP contribution in [-0.4, -0.2) is 30.9 Å². The summed E-state index contributed by atoms with van der Waals surface area (Å²) in [5.41, 5.74) is 7.22. The number of carbonyl (C=O) groups is 1. The number of primary amides is 1. The van der Waals surface area contributed by atoms with Gasteiger partial charge < -0.3 is 10.3 Å². The van der Waals surface area contributed by atoms with Crippen molar-refractivity contribution in [2.45, 2.75) is 0 Å². The number of aromatic nitrogens is 5. The molecule has 0 aliphatic rings. The maximum absolute atomic E-state index is 11.7. The quantitative estimate of drug-likeness (QED) is 0.537. The van der Waals surface area contributed by atoms with Crippen LogP contribution in [0.5, 0.6) is 0 Å². The molecule has 1 aromatic carbocycles. The van der Waals surface area contributed by atoms with Gasteiger partial charge in [0.1, 0.15) is 16.5 Å². The minimum Gasteiger partial charge on any atom is -0.364 e. The molecule has 4 aromatic rings. The Morgan fingerprint density at radius 2 is 1.96 bits per heavy atom. The van der Waals surface area contributed by atoms with Crippen LogP contribution in [0.4, 0.5) is 0 Å². The third-order valence-corrected chi connectivity index (χ3v) is 4.19. The number of nitrogens with zero attached hydrogens (tertiary/aromatic N) is 4. The molecule has 4 rings (SSSR count). The first-order valence-corrected chi connectivity index (χ1v) is 8.27. The summed E-state index contributed by atoms with van der Waals surface area (Å²) in [4.78, 5) is 24.7. The molecule has 11 heteroatoms. The van der Waals surface area contributed by atoms with Crippen LogP contribution in [0.25, 0.3) is 28.2 Å². The van der Waals surface area contributed by atoms with Gasteiger partial charge in [-0.2, -0.15) is 5.16 Å². The van der Waals surface area contributed by atoms with Gasteiger partial charge in [-0.05, 0) is 17.0 Å². The smallest absolute Gasteiger partial charge is 0.296 e. The largest absolute Gasteiger partial charge is 0.364 e. The highest BCUT2D eigenvalue weighted by Crippen LogP contribution is 2.34. The number of benzene rings is 1. The maximum atomic E-state index is 11.7. The standard InChI is InChI=1S/C16H10Cl2N6O3/c17-11-7-21-16-15(22-11)23-27-24(26-16)10-5-1-3-8(12(10)18)9-4-2-6-20-13(9)14(19)25/h1-7H,(H2,19,25)(H,22,23). The summed E-state index contributed by atoms with van der Waals surface area (Å²) in [6, 6.07) is 8.46. The summed E-state index contributed by atoms with van der Waals surface area (Å²) in [5.74, 6) is -0.666. The summed E-state index contributed by atoms with van der Waals surface area (Å²) in [7, 11) is 0. The lowest BCUT2D eigenvalue weighted by atomic mass is 10.0. The predicted octanol–water partition coefficient (Wildman–Crippen LogP) is 3.53. The summed E-state index contributed by atoms with van der Waals surface area (Å²) in [6.07, 6.45) is 2.81. The van der Waals surface area contributed by atoms with Crippen molar-refractivity contribution in [3.63, 3.8) is 0 Å². The number of halogens is 2. The number of aromatic amines is 1. The second kappa shape index (κ2) is 6.78. The van der Waals surface area contributed by atoms with E-state index in [1.807, 2.05) is 0 Å². The molecule has 3 aromatic heterocycles. The molecule has 27 heavy (non-hydrogen) atoms. The third-order valence-electron chi connectivity index (χ3n) is 3.61. The minimum absolute atomic E-state index is 0.0982. The first-order valence-electron chi connectivity index (χ1n) is 7.52. The zero-order valence-corrected chi connectivity index (χ0v) is 14.9. The summed E-state index contributed by atoms with van der Waals surface area (Å²) < 4.78 is 10.9. The van der Waals surface area contributed by atoms with Gasteiger partial charge in [-0.15, -0.1) is 0 Å². The Balaban J connectivity index is 1.88. The lowest BCUT2D eigenvalue weighted by Crippen LogP contribution is -2.14. The lowest BCUT2D eigenvalue weighted by molar-refractivity contribution is 0.0714. The summed E-state index contributed by atoms with van der Waals surface area (Å²) in [5, 5.41) is 2.99. The molecule has 136 valence electrons.